The molecule has 1 N–H and O–H groups in total. The van der Waals surface area contributed by atoms with Crippen LogP contribution in [-0.2, 0) is 47.6 Å². The molecule has 2 aromatic rings. The number of ether oxygens (including phenoxy) is 6. The molecule has 12 heteroatoms. The zero-order chi connectivity index (χ0) is 27.8. The van der Waals surface area contributed by atoms with Crippen molar-refractivity contribution in [3.63, 3.8) is 0 Å². The number of benzene rings is 2. The van der Waals surface area contributed by atoms with Crippen LogP contribution in [0.15, 0.2) is 54.6 Å². The Hall–Kier alpha value is -4.45. The summed E-state index contributed by atoms with van der Waals surface area (Å²) in [6, 6.07) is 15.5. The molecule has 5 atom stereocenters. The zero-order valence-corrected chi connectivity index (χ0v) is 21.1. The van der Waals surface area contributed by atoms with Crippen molar-refractivity contribution in [3.05, 3.63) is 60.2 Å². The molecular weight excluding hydrogens is 502 g/mol. The van der Waals surface area contributed by atoms with Crippen LogP contribution in [0.4, 0.5) is 11.4 Å². The quantitative estimate of drug-likeness (QED) is 0.394. The molecule has 0 bridgehead atoms. The lowest BCUT2D eigenvalue weighted by molar-refractivity contribution is -0.288. The smallest absolute Gasteiger partial charge is 0.342 e. The van der Waals surface area contributed by atoms with Gasteiger partial charge in [-0.25, -0.2) is 9.59 Å². The van der Waals surface area contributed by atoms with E-state index < -0.39 is 60.6 Å². The summed E-state index contributed by atoms with van der Waals surface area (Å²) in [5.74, 6) is -4.47. The molecule has 2 aromatic carbocycles. The third-order valence-electron chi connectivity index (χ3n) is 5.26. The van der Waals surface area contributed by atoms with Crippen molar-refractivity contribution >= 4 is 41.2 Å². The van der Waals surface area contributed by atoms with E-state index in [4.69, 9.17) is 28.4 Å². The van der Waals surface area contributed by atoms with E-state index in [0.717, 1.165) is 27.9 Å². The molecule has 0 saturated carbocycles. The molecule has 1 heterocycles. The first kappa shape index (κ1) is 28.1. The molecule has 0 radical (unpaired) electrons. The number of anilines is 2. The molecule has 1 aliphatic rings. The Morgan fingerprint density at radius 2 is 1.26 bits per heavy atom. The number of carbonyl (C=O) groups is 5. The molecule has 0 aliphatic carbocycles. The molecular formula is C26H27NO11. The van der Waals surface area contributed by atoms with Crippen LogP contribution in [0.25, 0.3) is 0 Å². The second kappa shape index (κ2) is 12.7. The average molecular weight is 529 g/mol. The summed E-state index contributed by atoms with van der Waals surface area (Å²) in [4.78, 5) is 61.5. The van der Waals surface area contributed by atoms with Crippen LogP contribution >= 0.6 is 0 Å². The van der Waals surface area contributed by atoms with Crippen LogP contribution in [0.2, 0.25) is 0 Å². The Morgan fingerprint density at radius 3 is 1.87 bits per heavy atom. The van der Waals surface area contributed by atoms with Crippen LogP contribution in [0.3, 0.4) is 0 Å². The fourth-order valence-corrected chi connectivity index (χ4v) is 3.79. The van der Waals surface area contributed by atoms with E-state index in [9.17, 15) is 24.0 Å². The molecule has 0 unspecified atom stereocenters. The first-order valence-electron chi connectivity index (χ1n) is 11.5. The number of hydrogen-bond acceptors (Lipinski definition) is 12. The third kappa shape index (κ3) is 7.07. The van der Waals surface area contributed by atoms with Crippen molar-refractivity contribution in [2.24, 2.45) is 0 Å². The highest BCUT2D eigenvalue weighted by atomic mass is 16.7. The van der Waals surface area contributed by atoms with Gasteiger partial charge < -0.3 is 33.7 Å². The molecule has 0 amide bonds. The monoisotopic (exact) mass is 529 g/mol. The van der Waals surface area contributed by atoms with Gasteiger partial charge in [-0.3, -0.25) is 14.4 Å². The summed E-state index contributed by atoms with van der Waals surface area (Å²) in [5, 5.41) is 3.11. The molecule has 202 valence electrons. The standard InChI is InChI=1S/C26H27NO11/c1-14(28)34-20-21(35-15(2)29)23(36-16(3)30)26(37-22(20)25(32)33-4)38-24(31)18-12-8-9-13-19(18)27-17-10-6-5-7-11-17/h5-13,20-23,26-27H,1-4H3/t20-,21-,22-,23+,26-/m0/s1. The van der Waals surface area contributed by atoms with Crippen LogP contribution in [0, 0.1) is 0 Å². The van der Waals surface area contributed by atoms with Crippen molar-refractivity contribution in [2.75, 3.05) is 12.4 Å². The van der Waals surface area contributed by atoms with Gasteiger partial charge in [0.15, 0.2) is 18.3 Å². The van der Waals surface area contributed by atoms with E-state index in [0.29, 0.717) is 11.4 Å². The Bertz CT molecular complexity index is 1180. The summed E-state index contributed by atoms with van der Waals surface area (Å²) in [6.45, 7) is 3.18. The first-order chi connectivity index (χ1) is 18.1. The maximum Gasteiger partial charge on any atom is 0.342 e. The number of carbonyl (C=O) groups excluding carboxylic acids is 5. The van der Waals surface area contributed by atoms with Crippen molar-refractivity contribution in [3.8, 4) is 0 Å². The molecule has 1 saturated heterocycles. The SMILES string of the molecule is COC(=O)[C@H]1O[C@@H](OC(=O)c2ccccc2Nc2ccccc2)[C@H](OC(C)=O)[C@@H](OC(C)=O)[C@@H]1OC(C)=O. The fraction of sp³-hybridized carbons (Fsp3) is 0.346. The first-order valence-corrected chi connectivity index (χ1v) is 11.5. The van der Waals surface area contributed by atoms with Gasteiger partial charge in [0.1, 0.15) is 0 Å². The maximum absolute atomic E-state index is 13.3. The lowest BCUT2D eigenvalue weighted by atomic mass is 9.97. The second-order valence-electron chi connectivity index (χ2n) is 8.11. The van der Waals surface area contributed by atoms with Crippen LogP contribution in [0.1, 0.15) is 31.1 Å². The highest BCUT2D eigenvalue weighted by Gasteiger charge is 2.56. The van der Waals surface area contributed by atoms with Gasteiger partial charge >= 0.3 is 29.8 Å². The summed E-state index contributed by atoms with van der Waals surface area (Å²) in [6.07, 6.45) is -8.18. The summed E-state index contributed by atoms with van der Waals surface area (Å²) in [5.41, 5.74) is 1.18. The maximum atomic E-state index is 13.3. The van der Waals surface area contributed by atoms with Gasteiger partial charge in [-0.1, -0.05) is 30.3 Å². The Kier molecular flexibility index (Phi) is 9.39. The van der Waals surface area contributed by atoms with E-state index in [-0.39, 0.29) is 5.56 Å². The molecule has 12 nitrogen and oxygen atoms in total. The predicted molar refractivity (Wildman–Crippen MR) is 129 cm³/mol. The third-order valence-corrected chi connectivity index (χ3v) is 5.26. The molecule has 0 spiro atoms. The highest BCUT2D eigenvalue weighted by molar-refractivity contribution is 5.96. The number of nitrogens with one attached hydrogen (secondary N) is 1. The molecule has 0 aromatic heterocycles. The van der Waals surface area contributed by atoms with Gasteiger partial charge in [0.05, 0.1) is 18.4 Å². The number of hydrogen-bond donors (Lipinski definition) is 1. The van der Waals surface area contributed by atoms with Crippen molar-refractivity contribution in [2.45, 2.75) is 51.5 Å². The van der Waals surface area contributed by atoms with Gasteiger partial charge in [-0.05, 0) is 24.3 Å². The van der Waals surface area contributed by atoms with E-state index >= 15 is 0 Å². The lowest BCUT2D eigenvalue weighted by Gasteiger charge is -2.42. The van der Waals surface area contributed by atoms with Gasteiger partial charge in [-0.15, -0.1) is 0 Å². The van der Waals surface area contributed by atoms with Gasteiger partial charge in [0, 0.05) is 26.5 Å². The highest BCUT2D eigenvalue weighted by Crippen LogP contribution is 2.31. The fourth-order valence-electron chi connectivity index (χ4n) is 3.79. The number of esters is 5. The van der Waals surface area contributed by atoms with Crippen molar-refractivity contribution < 1.29 is 52.4 Å². The minimum atomic E-state index is -1.75. The van der Waals surface area contributed by atoms with Crippen molar-refractivity contribution in [1.82, 2.24) is 0 Å². The summed E-state index contributed by atoms with van der Waals surface area (Å²) >= 11 is 0. The van der Waals surface area contributed by atoms with Crippen LogP contribution in [0.5, 0.6) is 0 Å². The van der Waals surface area contributed by atoms with Crippen LogP contribution in [-0.4, -0.2) is 67.7 Å². The number of rotatable bonds is 8. The molecule has 1 aliphatic heterocycles. The Labute approximate surface area is 218 Å². The minimum Gasteiger partial charge on any atom is -0.467 e. The largest absolute Gasteiger partial charge is 0.467 e. The molecule has 38 heavy (non-hydrogen) atoms. The Balaban J connectivity index is 1.98. The van der Waals surface area contributed by atoms with E-state index in [1.54, 1.807) is 30.3 Å². The van der Waals surface area contributed by atoms with Crippen molar-refractivity contribution in [1.29, 1.82) is 0 Å². The number of methoxy groups -OCH3 is 1. The summed E-state index contributed by atoms with van der Waals surface area (Å²) in [7, 11) is 1.06. The van der Waals surface area contributed by atoms with Gasteiger partial charge in [0.25, 0.3) is 0 Å². The van der Waals surface area contributed by atoms with E-state index in [2.05, 4.69) is 5.32 Å². The van der Waals surface area contributed by atoms with E-state index in [1.807, 2.05) is 18.2 Å². The van der Waals surface area contributed by atoms with Gasteiger partial charge in [-0.2, -0.15) is 0 Å². The second-order valence-corrected chi connectivity index (χ2v) is 8.11. The zero-order valence-electron chi connectivity index (χ0n) is 21.1. The normalized spacial score (nSPS) is 22.4. The van der Waals surface area contributed by atoms with Crippen LogP contribution < -0.4 is 5.32 Å². The molecule has 3 rings (SSSR count). The van der Waals surface area contributed by atoms with Gasteiger partial charge in [0.2, 0.25) is 12.4 Å². The summed E-state index contributed by atoms with van der Waals surface area (Å²) < 4.78 is 31.7. The van der Waals surface area contributed by atoms with E-state index in [1.165, 1.54) is 6.07 Å². The minimum absolute atomic E-state index is 0.0855. The lowest BCUT2D eigenvalue weighted by Crippen LogP contribution is -2.64. The predicted octanol–water partition coefficient (Wildman–Crippen LogP) is 2.28. The Morgan fingerprint density at radius 1 is 0.711 bits per heavy atom. The molecule has 1 fully saturated rings. The average Bonchev–Trinajstić information content (AvgIpc) is 2.87. The topological polar surface area (TPSA) is 153 Å². The number of para-hydroxylation sites is 2.